The molecule has 1 aromatic heterocycles. The Balaban J connectivity index is 2.91. The molecule has 5 nitrogen and oxygen atoms in total. The molecule has 6 heteroatoms. The summed E-state index contributed by atoms with van der Waals surface area (Å²) in [4.78, 5) is 10.2. The van der Waals surface area contributed by atoms with Crippen molar-refractivity contribution in [1.82, 2.24) is 9.78 Å². The van der Waals surface area contributed by atoms with Gasteiger partial charge in [0.15, 0.2) is 0 Å². The summed E-state index contributed by atoms with van der Waals surface area (Å²) in [5.74, 6) is -0.991. The molecule has 0 fully saturated rings. The van der Waals surface area contributed by atoms with Gasteiger partial charge in [0.1, 0.15) is 22.8 Å². The van der Waals surface area contributed by atoms with E-state index in [1.54, 1.807) is 0 Å². The molecule has 1 aromatic rings. The predicted octanol–water partition coefficient (Wildman–Crippen LogP) is 0.602. The molecule has 0 aromatic carbocycles. The first-order valence-electron chi connectivity index (χ1n) is 2.98. The standard InChI is InChI=1S/C6H4BrN3O2/c7-6-4(1-8)2-10(9-6)3-5(11)12/h2H,3H2,(H,11,12). The van der Waals surface area contributed by atoms with Crippen LogP contribution in [0.2, 0.25) is 0 Å². The van der Waals surface area contributed by atoms with Gasteiger partial charge in [-0.1, -0.05) is 0 Å². The third kappa shape index (κ3) is 1.83. The van der Waals surface area contributed by atoms with E-state index >= 15 is 0 Å². The Morgan fingerprint density at radius 2 is 2.58 bits per heavy atom. The van der Waals surface area contributed by atoms with E-state index in [0.29, 0.717) is 10.2 Å². The normalized spacial score (nSPS) is 9.33. The molecule has 0 spiro atoms. The fourth-order valence-corrected chi connectivity index (χ4v) is 1.09. The Bertz CT molecular complexity index is 352. The third-order valence-corrected chi connectivity index (χ3v) is 1.72. The fourth-order valence-electron chi connectivity index (χ4n) is 0.692. The molecule has 1 N–H and O–H groups in total. The lowest BCUT2D eigenvalue weighted by Crippen LogP contribution is -2.08. The third-order valence-electron chi connectivity index (χ3n) is 1.13. The van der Waals surface area contributed by atoms with Crippen LogP contribution in [0.5, 0.6) is 0 Å². The molecule has 62 valence electrons. The van der Waals surface area contributed by atoms with Crippen LogP contribution in [0, 0.1) is 11.3 Å². The molecule has 0 radical (unpaired) electrons. The molecule has 0 saturated heterocycles. The van der Waals surface area contributed by atoms with Gasteiger partial charge in [-0.2, -0.15) is 10.4 Å². The van der Waals surface area contributed by atoms with Crippen molar-refractivity contribution in [2.24, 2.45) is 0 Å². The monoisotopic (exact) mass is 229 g/mol. The van der Waals surface area contributed by atoms with Gasteiger partial charge in [-0.3, -0.25) is 9.48 Å². The summed E-state index contributed by atoms with van der Waals surface area (Å²) in [6.45, 7) is -0.236. The van der Waals surface area contributed by atoms with E-state index in [9.17, 15) is 4.79 Å². The maximum Gasteiger partial charge on any atom is 0.325 e. The molecular weight excluding hydrogens is 226 g/mol. The highest BCUT2D eigenvalue weighted by molar-refractivity contribution is 9.10. The number of halogens is 1. The van der Waals surface area contributed by atoms with Crippen LogP contribution >= 0.6 is 15.9 Å². The van der Waals surface area contributed by atoms with Gasteiger partial charge < -0.3 is 5.11 Å². The number of nitriles is 1. The van der Waals surface area contributed by atoms with Gasteiger partial charge in [-0.05, 0) is 15.9 Å². The molecule has 0 aliphatic heterocycles. The summed E-state index contributed by atoms with van der Waals surface area (Å²) in [7, 11) is 0. The summed E-state index contributed by atoms with van der Waals surface area (Å²) >= 11 is 3.02. The van der Waals surface area contributed by atoms with Gasteiger partial charge in [0, 0.05) is 6.20 Å². The van der Waals surface area contributed by atoms with E-state index in [-0.39, 0.29) is 6.54 Å². The molecule has 0 unspecified atom stereocenters. The second kappa shape index (κ2) is 3.36. The molecule has 0 amide bonds. The first-order chi connectivity index (χ1) is 5.63. The SMILES string of the molecule is N#Cc1cn(CC(=O)O)nc1Br. The minimum atomic E-state index is -0.991. The second-order valence-electron chi connectivity index (χ2n) is 2.04. The highest BCUT2D eigenvalue weighted by Gasteiger charge is 2.06. The van der Waals surface area contributed by atoms with Crippen molar-refractivity contribution in [3.63, 3.8) is 0 Å². The molecule has 1 rings (SSSR count). The van der Waals surface area contributed by atoms with Crippen molar-refractivity contribution < 1.29 is 9.90 Å². The number of rotatable bonds is 2. The predicted molar refractivity (Wildman–Crippen MR) is 42.3 cm³/mol. The average Bonchev–Trinajstić information content (AvgIpc) is 2.29. The van der Waals surface area contributed by atoms with Gasteiger partial charge in [0.25, 0.3) is 0 Å². The van der Waals surface area contributed by atoms with Gasteiger partial charge >= 0.3 is 5.97 Å². The van der Waals surface area contributed by atoms with Crippen LogP contribution in [0.1, 0.15) is 5.56 Å². The van der Waals surface area contributed by atoms with Crippen LogP contribution in [-0.4, -0.2) is 20.9 Å². The van der Waals surface area contributed by atoms with Gasteiger partial charge in [-0.15, -0.1) is 0 Å². The van der Waals surface area contributed by atoms with E-state index < -0.39 is 5.97 Å². The Labute approximate surface area is 76.3 Å². The number of aliphatic carboxylic acids is 1. The van der Waals surface area contributed by atoms with E-state index in [1.807, 2.05) is 6.07 Å². The zero-order valence-corrected chi connectivity index (χ0v) is 7.45. The molecule has 0 saturated carbocycles. The minimum Gasteiger partial charge on any atom is -0.480 e. The summed E-state index contributed by atoms with van der Waals surface area (Å²) in [5.41, 5.74) is 0.330. The summed E-state index contributed by atoms with van der Waals surface area (Å²) in [6, 6.07) is 1.87. The topological polar surface area (TPSA) is 78.9 Å². The Hall–Kier alpha value is -1.35. The van der Waals surface area contributed by atoms with E-state index in [1.165, 1.54) is 10.9 Å². The molecule has 0 aliphatic rings. The lowest BCUT2D eigenvalue weighted by Gasteiger charge is -1.91. The maximum atomic E-state index is 10.2. The quantitative estimate of drug-likeness (QED) is 0.806. The van der Waals surface area contributed by atoms with Crippen LogP contribution < -0.4 is 0 Å². The fraction of sp³-hybridized carbons (Fsp3) is 0.167. The van der Waals surface area contributed by atoms with Gasteiger partial charge in [0.05, 0.1) is 0 Å². The number of nitrogens with zero attached hydrogens (tertiary/aromatic N) is 3. The van der Waals surface area contributed by atoms with Crippen molar-refractivity contribution in [1.29, 1.82) is 5.26 Å². The number of carbonyl (C=O) groups is 1. The number of hydrogen-bond donors (Lipinski definition) is 1. The summed E-state index contributed by atoms with van der Waals surface area (Å²) < 4.78 is 1.55. The molecule has 0 atom stereocenters. The highest BCUT2D eigenvalue weighted by atomic mass is 79.9. The average molecular weight is 230 g/mol. The molecule has 12 heavy (non-hydrogen) atoms. The van der Waals surface area contributed by atoms with Crippen molar-refractivity contribution in [3.8, 4) is 6.07 Å². The first-order valence-corrected chi connectivity index (χ1v) is 3.77. The molecule has 0 aliphatic carbocycles. The van der Waals surface area contributed by atoms with Crippen LogP contribution in [0.25, 0.3) is 0 Å². The maximum absolute atomic E-state index is 10.2. The van der Waals surface area contributed by atoms with E-state index in [2.05, 4.69) is 21.0 Å². The number of hydrogen-bond acceptors (Lipinski definition) is 3. The number of aromatic nitrogens is 2. The zero-order valence-electron chi connectivity index (χ0n) is 5.86. The van der Waals surface area contributed by atoms with Crippen molar-refractivity contribution in [2.45, 2.75) is 6.54 Å². The van der Waals surface area contributed by atoms with Crippen molar-refractivity contribution in [3.05, 3.63) is 16.4 Å². The lowest BCUT2D eigenvalue weighted by molar-refractivity contribution is -0.137. The largest absolute Gasteiger partial charge is 0.480 e. The Morgan fingerprint density at radius 3 is 3.00 bits per heavy atom. The number of carboxylic acid groups (broad SMARTS) is 1. The van der Waals surface area contributed by atoms with Crippen molar-refractivity contribution >= 4 is 21.9 Å². The molecule has 1 heterocycles. The zero-order chi connectivity index (χ0) is 9.14. The van der Waals surface area contributed by atoms with Gasteiger partial charge in [0.2, 0.25) is 0 Å². The summed E-state index contributed by atoms with van der Waals surface area (Å²) in [5, 5.41) is 20.6. The molecule has 0 bridgehead atoms. The van der Waals surface area contributed by atoms with Crippen LogP contribution in [0.4, 0.5) is 0 Å². The highest BCUT2D eigenvalue weighted by Crippen LogP contribution is 2.12. The second-order valence-corrected chi connectivity index (χ2v) is 2.79. The minimum absolute atomic E-state index is 0.236. The smallest absolute Gasteiger partial charge is 0.325 e. The van der Waals surface area contributed by atoms with E-state index in [0.717, 1.165) is 0 Å². The first kappa shape index (κ1) is 8.74. The van der Waals surface area contributed by atoms with Crippen molar-refractivity contribution in [2.75, 3.05) is 0 Å². The molecular formula is C6H4BrN3O2. The Kier molecular flexibility index (Phi) is 2.45. The van der Waals surface area contributed by atoms with Crippen LogP contribution in [-0.2, 0) is 11.3 Å². The van der Waals surface area contributed by atoms with E-state index in [4.69, 9.17) is 10.4 Å². The summed E-state index contributed by atoms with van der Waals surface area (Å²) in [6.07, 6.45) is 1.37. The lowest BCUT2D eigenvalue weighted by atomic mass is 10.4. The number of carboxylic acids is 1. The van der Waals surface area contributed by atoms with Crippen LogP contribution in [0.3, 0.4) is 0 Å². The van der Waals surface area contributed by atoms with Crippen LogP contribution in [0.15, 0.2) is 10.8 Å². The Morgan fingerprint density at radius 1 is 1.92 bits per heavy atom. The van der Waals surface area contributed by atoms with Gasteiger partial charge in [-0.25, -0.2) is 0 Å².